The van der Waals surface area contributed by atoms with Crippen molar-refractivity contribution in [2.75, 3.05) is 12.4 Å². The average molecular weight is 293 g/mol. The molecule has 0 unspecified atom stereocenters. The summed E-state index contributed by atoms with van der Waals surface area (Å²) in [5, 5.41) is 8.79. The molecule has 0 spiro atoms. The van der Waals surface area contributed by atoms with E-state index in [0.29, 0.717) is 12.3 Å². The number of nitriles is 1. The Morgan fingerprint density at radius 3 is 2.65 bits per heavy atom. The van der Waals surface area contributed by atoms with Gasteiger partial charge in [-0.25, -0.2) is 13.1 Å². The third kappa shape index (κ3) is 3.86. The molecule has 17 heavy (non-hydrogen) atoms. The summed E-state index contributed by atoms with van der Waals surface area (Å²) in [6, 6.07) is 5.83. The summed E-state index contributed by atoms with van der Waals surface area (Å²) in [7, 11) is -3.58. The second-order valence-corrected chi connectivity index (χ2v) is 5.75. The first kappa shape index (κ1) is 14.3. The number of hydrogen-bond acceptors (Lipinski definition) is 3. The van der Waals surface area contributed by atoms with Gasteiger partial charge in [-0.3, -0.25) is 0 Å². The summed E-state index contributed by atoms with van der Waals surface area (Å²) in [5.74, 6) is 0.386. The van der Waals surface area contributed by atoms with Crippen LogP contribution in [-0.4, -0.2) is 20.8 Å². The van der Waals surface area contributed by atoms with Crippen LogP contribution in [0.4, 0.5) is 0 Å². The zero-order valence-corrected chi connectivity index (χ0v) is 11.1. The lowest BCUT2D eigenvalue weighted by molar-refractivity contribution is 0.581. The molecule has 7 heteroatoms. The maximum atomic E-state index is 11.8. The fourth-order valence-electron chi connectivity index (χ4n) is 1.11. The number of rotatable bonds is 5. The van der Waals surface area contributed by atoms with Gasteiger partial charge >= 0.3 is 0 Å². The molecule has 0 aliphatic rings. The molecule has 0 heterocycles. The predicted molar refractivity (Wildman–Crippen MR) is 66.7 cm³/mol. The summed E-state index contributed by atoms with van der Waals surface area (Å²) < 4.78 is 25.9. The van der Waals surface area contributed by atoms with E-state index >= 15 is 0 Å². The fourth-order valence-corrected chi connectivity index (χ4v) is 2.63. The van der Waals surface area contributed by atoms with Gasteiger partial charge in [0.2, 0.25) is 10.0 Å². The summed E-state index contributed by atoms with van der Waals surface area (Å²) in [6.07, 6.45) is 0.546. The molecule has 0 aromatic heterocycles. The van der Waals surface area contributed by atoms with Crippen LogP contribution in [0.15, 0.2) is 23.1 Å². The predicted octanol–water partition coefficient (Wildman–Crippen LogP) is 2.12. The van der Waals surface area contributed by atoms with Gasteiger partial charge in [0.25, 0.3) is 0 Å². The Morgan fingerprint density at radius 1 is 1.41 bits per heavy atom. The number of hydrogen-bond donors (Lipinski definition) is 1. The van der Waals surface area contributed by atoms with Crippen molar-refractivity contribution in [2.45, 2.75) is 11.3 Å². The Bertz CT molecular complexity index is 538. The van der Waals surface area contributed by atoms with Gasteiger partial charge in [0.15, 0.2) is 0 Å². The van der Waals surface area contributed by atoms with Crippen molar-refractivity contribution in [1.29, 1.82) is 5.26 Å². The molecule has 0 aliphatic heterocycles. The smallest absolute Gasteiger partial charge is 0.211 e. The van der Waals surface area contributed by atoms with Crippen LogP contribution in [0.25, 0.3) is 0 Å². The second-order valence-electron chi connectivity index (χ2n) is 3.19. The highest BCUT2D eigenvalue weighted by atomic mass is 35.5. The van der Waals surface area contributed by atoms with Gasteiger partial charge in [0.05, 0.1) is 15.5 Å². The Labute approximate surface area is 110 Å². The van der Waals surface area contributed by atoms with Crippen LogP contribution in [0.1, 0.15) is 12.0 Å². The lowest BCUT2D eigenvalue weighted by Gasteiger charge is -2.06. The van der Waals surface area contributed by atoms with E-state index in [2.05, 4.69) is 4.72 Å². The maximum Gasteiger partial charge on any atom is 0.240 e. The van der Waals surface area contributed by atoms with E-state index in [0.717, 1.165) is 0 Å². The minimum absolute atomic E-state index is 0.0380. The minimum atomic E-state index is -3.58. The van der Waals surface area contributed by atoms with Crippen LogP contribution >= 0.6 is 23.2 Å². The Hall–Kier alpha value is -0.800. The van der Waals surface area contributed by atoms with Crippen LogP contribution < -0.4 is 4.72 Å². The molecular formula is C10H10Cl2N2O2S. The van der Waals surface area contributed by atoms with E-state index in [4.69, 9.17) is 28.5 Å². The van der Waals surface area contributed by atoms with Crippen molar-refractivity contribution in [2.24, 2.45) is 0 Å². The topological polar surface area (TPSA) is 70.0 Å². The molecule has 0 bridgehead atoms. The average Bonchev–Trinajstić information content (AvgIpc) is 2.29. The van der Waals surface area contributed by atoms with Gasteiger partial charge in [0.1, 0.15) is 6.07 Å². The van der Waals surface area contributed by atoms with Crippen molar-refractivity contribution in [3.63, 3.8) is 0 Å². The van der Waals surface area contributed by atoms with Crippen LogP contribution in [0.2, 0.25) is 5.02 Å². The SMILES string of the molecule is N#Cc1ccc(S(=O)(=O)NCCCCl)cc1Cl. The molecule has 0 saturated carbocycles. The third-order valence-corrected chi connectivity index (χ3v) is 4.01. The highest BCUT2D eigenvalue weighted by Gasteiger charge is 2.14. The van der Waals surface area contributed by atoms with E-state index in [9.17, 15) is 8.42 Å². The van der Waals surface area contributed by atoms with E-state index in [1.165, 1.54) is 18.2 Å². The zero-order valence-electron chi connectivity index (χ0n) is 8.78. The first-order valence-corrected chi connectivity index (χ1v) is 7.16. The van der Waals surface area contributed by atoms with Crippen LogP contribution in [0.5, 0.6) is 0 Å². The molecule has 1 N–H and O–H groups in total. The summed E-state index contributed by atoms with van der Waals surface area (Å²) in [6.45, 7) is 0.267. The molecule has 4 nitrogen and oxygen atoms in total. The number of sulfonamides is 1. The van der Waals surface area contributed by atoms with Gasteiger partial charge in [-0.1, -0.05) is 11.6 Å². The molecule has 1 aromatic rings. The maximum absolute atomic E-state index is 11.8. The lowest BCUT2D eigenvalue weighted by Crippen LogP contribution is -2.25. The van der Waals surface area contributed by atoms with E-state index in [-0.39, 0.29) is 22.0 Å². The molecule has 1 aromatic carbocycles. The molecule has 0 atom stereocenters. The Balaban J connectivity index is 2.93. The minimum Gasteiger partial charge on any atom is -0.211 e. The third-order valence-electron chi connectivity index (χ3n) is 1.97. The van der Waals surface area contributed by atoms with Crippen LogP contribution in [-0.2, 0) is 10.0 Å². The zero-order chi connectivity index (χ0) is 12.9. The second kappa shape index (κ2) is 6.22. The van der Waals surface area contributed by atoms with Gasteiger partial charge in [0, 0.05) is 12.4 Å². The molecule has 0 aliphatic carbocycles. The summed E-state index contributed by atoms with van der Waals surface area (Å²) in [5.41, 5.74) is 0.242. The number of alkyl halides is 1. The standard InChI is InChI=1S/C10H10Cl2N2O2S/c11-4-1-5-14-17(15,16)9-3-2-8(7-13)10(12)6-9/h2-3,6,14H,1,4-5H2. The largest absolute Gasteiger partial charge is 0.240 e. The summed E-state index contributed by atoms with van der Waals surface area (Å²) >= 11 is 11.2. The molecule has 92 valence electrons. The first-order valence-electron chi connectivity index (χ1n) is 4.76. The number of nitrogens with zero attached hydrogens (tertiary/aromatic N) is 1. The molecule has 0 saturated heterocycles. The van der Waals surface area contributed by atoms with Crippen molar-refractivity contribution in [3.8, 4) is 6.07 Å². The Kier molecular flexibility index (Phi) is 5.22. The molecule has 0 radical (unpaired) electrons. The monoisotopic (exact) mass is 292 g/mol. The van der Waals surface area contributed by atoms with E-state index in [1.54, 1.807) is 0 Å². The first-order chi connectivity index (χ1) is 8.01. The number of benzene rings is 1. The van der Waals surface area contributed by atoms with Crippen molar-refractivity contribution in [3.05, 3.63) is 28.8 Å². The van der Waals surface area contributed by atoms with Gasteiger partial charge < -0.3 is 0 Å². The molecule has 1 rings (SSSR count). The highest BCUT2D eigenvalue weighted by Crippen LogP contribution is 2.19. The van der Waals surface area contributed by atoms with Crippen molar-refractivity contribution in [1.82, 2.24) is 4.72 Å². The van der Waals surface area contributed by atoms with Crippen LogP contribution in [0, 0.1) is 11.3 Å². The normalized spacial score (nSPS) is 11.1. The number of halogens is 2. The molecular weight excluding hydrogens is 283 g/mol. The van der Waals surface area contributed by atoms with E-state index in [1.807, 2.05) is 6.07 Å². The molecule has 0 fully saturated rings. The van der Waals surface area contributed by atoms with Gasteiger partial charge in [-0.05, 0) is 24.6 Å². The van der Waals surface area contributed by atoms with Gasteiger partial charge in [-0.15, -0.1) is 11.6 Å². The van der Waals surface area contributed by atoms with Crippen LogP contribution in [0.3, 0.4) is 0 Å². The Morgan fingerprint density at radius 2 is 2.12 bits per heavy atom. The van der Waals surface area contributed by atoms with Crippen molar-refractivity contribution >= 4 is 33.2 Å². The number of nitrogens with one attached hydrogen (secondary N) is 1. The van der Waals surface area contributed by atoms with E-state index < -0.39 is 10.0 Å². The quantitative estimate of drug-likeness (QED) is 0.667. The van der Waals surface area contributed by atoms with Gasteiger partial charge in [-0.2, -0.15) is 5.26 Å². The summed E-state index contributed by atoms with van der Waals surface area (Å²) in [4.78, 5) is 0.0380. The highest BCUT2D eigenvalue weighted by molar-refractivity contribution is 7.89. The fraction of sp³-hybridized carbons (Fsp3) is 0.300. The van der Waals surface area contributed by atoms with Crippen molar-refractivity contribution < 1.29 is 8.42 Å². The lowest BCUT2D eigenvalue weighted by atomic mass is 10.2. The molecule has 0 amide bonds.